The maximum absolute atomic E-state index is 12.4. The summed E-state index contributed by atoms with van der Waals surface area (Å²) in [5, 5.41) is 12.5. The zero-order chi connectivity index (χ0) is 19.1. The maximum atomic E-state index is 12.4. The van der Waals surface area contributed by atoms with Crippen molar-refractivity contribution in [3.8, 4) is 6.07 Å². The van der Waals surface area contributed by atoms with E-state index in [1.807, 2.05) is 30.3 Å². The van der Waals surface area contributed by atoms with E-state index in [1.54, 1.807) is 24.3 Å². The van der Waals surface area contributed by atoms with Crippen molar-refractivity contribution in [1.29, 1.82) is 5.26 Å². The van der Waals surface area contributed by atoms with Crippen LogP contribution in [-0.2, 0) is 4.79 Å². The molecule has 0 aliphatic carbocycles. The summed E-state index contributed by atoms with van der Waals surface area (Å²) in [7, 11) is 0. The van der Waals surface area contributed by atoms with Crippen LogP contribution in [0, 0.1) is 11.3 Å². The van der Waals surface area contributed by atoms with Crippen molar-refractivity contribution in [1.82, 2.24) is 0 Å². The fourth-order valence-electron chi connectivity index (χ4n) is 2.48. The number of carbonyl (C=O) groups excluding carboxylic acids is 1. The van der Waals surface area contributed by atoms with Crippen molar-refractivity contribution >= 4 is 46.6 Å². The second-order valence-corrected chi connectivity index (χ2v) is 6.27. The molecule has 0 saturated carbocycles. The van der Waals surface area contributed by atoms with Crippen molar-refractivity contribution in [3.63, 3.8) is 0 Å². The molecule has 6 heteroatoms. The molecule has 1 N–H and O–H groups in total. The first kappa shape index (κ1) is 19.8. The molecule has 0 atom stereocenters. The average Bonchev–Trinajstić information content (AvgIpc) is 2.65. The number of rotatable bonds is 6. The number of anilines is 2. The Morgan fingerprint density at radius 1 is 1.15 bits per heavy atom. The molecule has 134 valence electrons. The minimum atomic E-state index is -0.538. The number of nitriles is 1. The van der Waals surface area contributed by atoms with Gasteiger partial charge < -0.3 is 10.2 Å². The summed E-state index contributed by atoms with van der Waals surface area (Å²) in [5.74, 6) is -0.538. The van der Waals surface area contributed by atoms with Crippen LogP contribution < -0.4 is 10.2 Å². The third kappa shape index (κ3) is 4.78. The summed E-state index contributed by atoms with van der Waals surface area (Å²) >= 11 is 12.0. The lowest BCUT2D eigenvalue weighted by atomic mass is 10.1. The van der Waals surface area contributed by atoms with E-state index in [0.717, 1.165) is 24.3 Å². The van der Waals surface area contributed by atoms with Crippen molar-refractivity contribution in [2.75, 3.05) is 23.3 Å². The lowest BCUT2D eigenvalue weighted by Crippen LogP contribution is -2.21. The van der Waals surface area contributed by atoms with Crippen molar-refractivity contribution in [2.45, 2.75) is 13.8 Å². The van der Waals surface area contributed by atoms with Crippen LogP contribution in [0.2, 0.25) is 10.0 Å². The lowest BCUT2D eigenvalue weighted by Gasteiger charge is -2.20. The van der Waals surface area contributed by atoms with E-state index >= 15 is 0 Å². The highest BCUT2D eigenvalue weighted by molar-refractivity contribution is 6.44. The van der Waals surface area contributed by atoms with Gasteiger partial charge in [-0.15, -0.1) is 0 Å². The number of halogens is 2. The molecule has 2 aromatic rings. The van der Waals surface area contributed by atoms with Crippen LogP contribution in [0.1, 0.15) is 19.4 Å². The SMILES string of the molecule is CCN(CC)c1ccc(/C=C(/C#N)C(=O)Nc2cccc(Cl)c2Cl)cc1. The van der Waals surface area contributed by atoms with Gasteiger partial charge in [-0.3, -0.25) is 4.79 Å². The molecule has 0 aliphatic rings. The molecule has 2 aromatic carbocycles. The quantitative estimate of drug-likeness (QED) is 0.534. The molecule has 0 radical (unpaired) electrons. The van der Waals surface area contributed by atoms with Gasteiger partial charge in [0.2, 0.25) is 0 Å². The Hall–Kier alpha value is -2.48. The van der Waals surface area contributed by atoms with E-state index in [4.69, 9.17) is 23.2 Å². The summed E-state index contributed by atoms with van der Waals surface area (Å²) in [4.78, 5) is 14.6. The van der Waals surface area contributed by atoms with Gasteiger partial charge in [0, 0.05) is 18.8 Å². The third-order valence-electron chi connectivity index (χ3n) is 3.90. The van der Waals surface area contributed by atoms with Crippen molar-refractivity contribution in [3.05, 3.63) is 63.6 Å². The number of hydrogen-bond acceptors (Lipinski definition) is 3. The van der Waals surface area contributed by atoms with Gasteiger partial charge in [-0.1, -0.05) is 41.4 Å². The first-order valence-electron chi connectivity index (χ1n) is 8.22. The molecule has 4 nitrogen and oxygen atoms in total. The van der Waals surface area contributed by atoms with Gasteiger partial charge in [0.05, 0.1) is 15.7 Å². The highest BCUT2D eigenvalue weighted by Gasteiger charge is 2.13. The fraction of sp³-hybridized carbons (Fsp3) is 0.200. The Labute approximate surface area is 163 Å². The zero-order valence-electron chi connectivity index (χ0n) is 14.6. The van der Waals surface area contributed by atoms with E-state index in [0.29, 0.717) is 10.7 Å². The third-order valence-corrected chi connectivity index (χ3v) is 4.72. The van der Waals surface area contributed by atoms with Crippen LogP contribution in [0.5, 0.6) is 0 Å². The number of nitrogens with zero attached hydrogens (tertiary/aromatic N) is 2. The second kappa shape index (κ2) is 9.28. The zero-order valence-corrected chi connectivity index (χ0v) is 16.1. The standard InChI is InChI=1S/C20H19Cl2N3O/c1-3-25(4-2)16-10-8-14(9-11-16)12-15(13-23)20(26)24-18-7-5-6-17(21)19(18)22/h5-12H,3-4H2,1-2H3,(H,24,26)/b15-12-. The van der Waals surface area contributed by atoms with Gasteiger partial charge in [0.1, 0.15) is 11.6 Å². The van der Waals surface area contributed by atoms with Gasteiger partial charge in [-0.2, -0.15) is 5.26 Å². The Bertz CT molecular complexity index is 850. The molecular weight excluding hydrogens is 369 g/mol. The summed E-state index contributed by atoms with van der Waals surface area (Å²) in [6.45, 7) is 6.02. The monoisotopic (exact) mass is 387 g/mol. The molecule has 0 bridgehead atoms. The molecule has 0 saturated heterocycles. The first-order chi connectivity index (χ1) is 12.5. The Balaban J connectivity index is 2.20. The molecule has 0 fully saturated rings. The minimum absolute atomic E-state index is 0.0170. The molecule has 2 rings (SSSR count). The number of carbonyl (C=O) groups is 1. The van der Waals surface area contributed by atoms with Crippen LogP contribution in [0.15, 0.2) is 48.0 Å². The summed E-state index contributed by atoms with van der Waals surface area (Å²) in [6, 6.07) is 14.5. The highest BCUT2D eigenvalue weighted by Crippen LogP contribution is 2.29. The summed E-state index contributed by atoms with van der Waals surface area (Å²) in [5.41, 5.74) is 2.21. The number of amides is 1. The smallest absolute Gasteiger partial charge is 0.266 e. The minimum Gasteiger partial charge on any atom is -0.372 e. The number of benzene rings is 2. The van der Waals surface area contributed by atoms with Crippen LogP contribution >= 0.6 is 23.2 Å². The molecule has 0 aliphatic heterocycles. The van der Waals surface area contributed by atoms with Crippen molar-refractivity contribution < 1.29 is 4.79 Å². The molecule has 0 aromatic heterocycles. The topological polar surface area (TPSA) is 56.1 Å². The van der Waals surface area contributed by atoms with E-state index < -0.39 is 5.91 Å². The predicted octanol–water partition coefficient (Wildman–Crippen LogP) is 5.39. The van der Waals surface area contributed by atoms with Crippen LogP contribution in [0.4, 0.5) is 11.4 Å². The molecular formula is C20H19Cl2N3O. The van der Waals surface area contributed by atoms with Gasteiger partial charge >= 0.3 is 0 Å². The Morgan fingerprint density at radius 3 is 2.38 bits per heavy atom. The molecule has 0 heterocycles. The van der Waals surface area contributed by atoms with Gasteiger partial charge in [0.25, 0.3) is 5.91 Å². The second-order valence-electron chi connectivity index (χ2n) is 5.49. The van der Waals surface area contributed by atoms with Crippen LogP contribution in [0.25, 0.3) is 6.08 Å². The van der Waals surface area contributed by atoms with E-state index in [1.165, 1.54) is 0 Å². The Morgan fingerprint density at radius 2 is 1.81 bits per heavy atom. The van der Waals surface area contributed by atoms with Gasteiger partial charge in [-0.25, -0.2) is 0 Å². The fourth-order valence-corrected chi connectivity index (χ4v) is 2.82. The molecule has 26 heavy (non-hydrogen) atoms. The number of nitrogens with one attached hydrogen (secondary N) is 1. The number of hydrogen-bond donors (Lipinski definition) is 1. The van der Waals surface area contributed by atoms with E-state index in [2.05, 4.69) is 24.1 Å². The van der Waals surface area contributed by atoms with E-state index in [9.17, 15) is 10.1 Å². The van der Waals surface area contributed by atoms with Crippen LogP contribution in [0.3, 0.4) is 0 Å². The maximum Gasteiger partial charge on any atom is 0.266 e. The van der Waals surface area contributed by atoms with Crippen LogP contribution in [-0.4, -0.2) is 19.0 Å². The molecule has 0 unspecified atom stereocenters. The molecule has 0 spiro atoms. The molecule has 1 amide bonds. The van der Waals surface area contributed by atoms with Gasteiger partial charge in [-0.05, 0) is 49.8 Å². The first-order valence-corrected chi connectivity index (χ1v) is 8.97. The summed E-state index contributed by atoms with van der Waals surface area (Å²) in [6.07, 6.45) is 1.54. The summed E-state index contributed by atoms with van der Waals surface area (Å²) < 4.78 is 0. The highest BCUT2D eigenvalue weighted by atomic mass is 35.5. The largest absolute Gasteiger partial charge is 0.372 e. The Kier molecular flexibility index (Phi) is 7.08. The van der Waals surface area contributed by atoms with Gasteiger partial charge in [0.15, 0.2) is 0 Å². The normalized spacial score (nSPS) is 11.0. The average molecular weight is 388 g/mol. The van der Waals surface area contributed by atoms with Crippen molar-refractivity contribution in [2.24, 2.45) is 0 Å². The van der Waals surface area contributed by atoms with E-state index in [-0.39, 0.29) is 10.6 Å². The lowest BCUT2D eigenvalue weighted by molar-refractivity contribution is -0.112. The predicted molar refractivity (Wildman–Crippen MR) is 109 cm³/mol.